The quantitative estimate of drug-likeness (QED) is 0.786. The van der Waals surface area contributed by atoms with Gasteiger partial charge in [0.15, 0.2) is 0 Å². The van der Waals surface area contributed by atoms with Crippen molar-refractivity contribution in [2.24, 2.45) is 5.41 Å². The first-order valence-corrected chi connectivity index (χ1v) is 7.10. The fourth-order valence-electron chi connectivity index (χ4n) is 1.72. The van der Waals surface area contributed by atoms with Crippen LogP contribution in [0.1, 0.15) is 46.1 Å². The van der Waals surface area contributed by atoms with Gasteiger partial charge in [-0.15, -0.1) is 0 Å². The smallest absolute Gasteiger partial charge is 0.0486 e. The summed E-state index contributed by atoms with van der Waals surface area (Å²) in [6, 6.07) is 6.95. The van der Waals surface area contributed by atoms with E-state index in [1.165, 1.54) is 24.1 Å². The Morgan fingerprint density at radius 2 is 1.94 bits per heavy atom. The number of aryl methyl sites for hydroxylation is 1. The minimum atomic E-state index is 0.417. The molecule has 0 fully saturated rings. The first kappa shape index (κ1) is 14.6. The molecule has 0 aliphatic heterocycles. The highest BCUT2D eigenvalue weighted by molar-refractivity contribution is 9.10. The first-order valence-electron chi connectivity index (χ1n) is 6.30. The van der Waals surface area contributed by atoms with Crippen LogP contribution in [0.2, 0.25) is 0 Å². The van der Waals surface area contributed by atoms with Gasteiger partial charge in [-0.05, 0) is 65.7 Å². The number of nitrogens with one attached hydrogen (secondary N) is 1. The van der Waals surface area contributed by atoms with E-state index < -0.39 is 0 Å². The summed E-state index contributed by atoms with van der Waals surface area (Å²) in [5, 5.41) is 3.56. The molecule has 0 bridgehead atoms. The van der Waals surface area contributed by atoms with E-state index in [1.54, 1.807) is 0 Å². The Morgan fingerprint density at radius 3 is 2.47 bits per heavy atom. The molecule has 0 saturated carbocycles. The van der Waals surface area contributed by atoms with Crippen molar-refractivity contribution >= 4 is 21.6 Å². The summed E-state index contributed by atoms with van der Waals surface area (Å²) < 4.78 is 1.15. The lowest BCUT2D eigenvalue weighted by Gasteiger charge is -2.22. The lowest BCUT2D eigenvalue weighted by atomic mass is 9.89. The van der Waals surface area contributed by atoms with E-state index in [0.717, 1.165) is 4.47 Å². The van der Waals surface area contributed by atoms with Crippen molar-refractivity contribution in [2.45, 2.75) is 53.5 Å². The second-order valence-electron chi connectivity index (χ2n) is 6.13. The van der Waals surface area contributed by atoms with Crippen LogP contribution in [0.25, 0.3) is 0 Å². The molecule has 0 aliphatic rings. The molecule has 0 saturated heterocycles. The molecule has 0 spiro atoms. The molecule has 0 aromatic heterocycles. The van der Waals surface area contributed by atoms with Gasteiger partial charge in [-0.2, -0.15) is 0 Å². The molecule has 17 heavy (non-hydrogen) atoms. The van der Waals surface area contributed by atoms with E-state index in [1.807, 2.05) is 0 Å². The predicted octanol–water partition coefficient (Wildman–Crippen LogP) is 5.38. The number of anilines is 1. The van der Waals surface area contributed by atoms with Gasteiger partial charge in [0, 0.05) is 16.2 Å². The average Bonchev–Trinajstić information content (AvgIpc) is 2.18. The summed E-state index contributed by atoms with van der Waals surface area (Å²) in [5.41, 5.74) is 2.89. The second kappa shape index (κ2) is 5.90. The molecule has 96 valence electrons. The molecule has 0 aliphatic carbocycles. The van der Waals surface area contributed by atoms with Gasteiger partial charge >= 0.3 is 0 Å². The zero-order valence-electron chi connectivity index (χ0n) is 11.6. The fraction of sp³-hybridized carbons (Fsp3) is 0.600. The summed E-state index contributed by atoms with van der Waals surface area (Å²) in [4.78, 5) is 0. The van der Waals surface area contributed by atoms with E-state index >= 15 is 0 Å². The molecule has 0 amide bonds. The van der Waals surface area contributed by atoms with Crippen LogP contribution >= 0.6 is 15.9 Å². The second-order valence-corrected chi connectivity index (χ2v) is 6.98. The molecule has 1 N–H and O–H groups in total. The number of halogens is 1. The maximum absolute atomic E-state index is 3.60. The standard InChI is InChI=1S/C15H24BrN/c1-11-6-7-14(13(16)10-11)17-12(2)8-9-15(3,4)5/h6-7,10,12,17H,8-9H2,1-5H3. The molecule has 1 aromatic rings. The maximum Gasteiger partial charge on any atom is 0.0486 e. The lowest BCUT2D eigenvalue weighted by Crippen LogP contribution is -2.18. The number of hydrogen-bond acceptors (Lipinski definition) is 1. The normalized spacial score (nSPS) is 13.5. The molecule has 2 heteroatoms. The van der Waals surface area contributed by atoms with Crippen molar-refractivity contribution in [1.82, 2.24) is 0 Å². The van der Waals surface area contributed by atoms with E-state index in [4.69, 9.17) is 0 Å². The molecule has 1 rings (SSSR count). The lowest BCUT2D eigenvalue weighted by molar-refractivity contribution is 0.357. The van der Waals surface area contributed by atoms with Gasteiger partial charge < -0.3 is 5.32 Å². The fourth-order valence-corrected chi connectivity index (χ4v) is 2.33. The summed E-state index contributed by atoms with van der Waals surface area (Å²) in [6.07, 6.45) is 2.44. The Bertz CT molecular complexity index is 366. The van der Waals surface area contributed by atoms with Crippen molar-refractivity contribution in [2.75, 3.05) is 5.32 Å². The van der Waals surface area contributed by atoms with E-state index in [2.05, 4.69) is 74.1 Å². The summed E-state index contributed by atoms with van der Waals surface area (Å²) in [6.45, 7) is 11.2. The van der Waals surface area contributed by atoms with Crippen LogP contribution in [-0.2, 0) is 0 Å². The van der Waals surface area contributed by atoms with Gasteiger partial charge in [0.25, 0.3) is 0 Å². The Labute approximate surface area is 114 Å². The van der Waals surface area contributed by atoms with Crippen LogP contribution < -0.4 is 5.32 Å². The third-order valence-corrected chi connectivity index (χ3v) is 3.51. The summed E-state index contributed by atoms with van der Waals surface area (Å²) in [5.74, 6) is 0. The van der Waals surface area contributed by atoms with Crippen molar-refractivity contribution in [3.8, 4) is 0 Å². The van der Waals surface area contributed by atoms with Crippen LogP contribution in [0, 0.1) is 12.3 Å². The predicted molar refractivity (Wildman–Crippen MR) is 80.7 cm³/mol. The van der Waals surface area contributed by atoms with Crippen LogP contribution in [0.4, 0.5) is 5.69 Å². The Balaban J connectivity index is 2.53. The topological polar surface area (TPSA) is 12.0 Å². The third kappa shape index (κ3) is 5.58. The summed E-state index contributed by atoms with van der Waals surface area (Å²) >= 11 is 3.60. The molecular formula is C15H24BrN. The first-order chi connectivity index (χ1) is 7.78. The Morgan fingerprint density at radius 1 is 1.29 bits per heavy atom. The van der Waals surface area contributed by atoms with Crippen LogP contribution in [0.3, 0.4) is 0 Å². The van der Waals surface area contributed by atoms with Gasteiger partial charge in [-0.3, -0.25) is 0 Å². The molecule has 1 nitrogen and oxygen atoms in total. The van der Waals surface area contributed by atoms with Crippen LogP contribution in [0.5, 0.6) is 0 Å². The highest BCUT2D eigenvalue weighted by Gasteiger charge is 2.13. The average molecular weight is 298 g/mol. The van der Waals surface area contributed by atoms with Crippen molar-refractivity contribution in [3.63, 3.8) is 0 Å². The monoisotopic (exact) mass is 297 g/mol. The minimum absolute atomic E-state index is 0.417. The van der Waals surface area contributed by atoms with Crippen LogP contribution in [-0.4, -0.2) is 6.04 Å². The van der Waals surface area contributed by atoms with Gasteiger partial charge in [-0.1, -0.05) is 26.8 Å². The molecule has 0 radical (unpaired) electrons. The number of hydrogen-bond donors (Lipinski definition) is 1. The van der Waals surface area contributed by atoms with Crippen molar-refractivity contribution in [3.05, 3.63) is 28.2 Å². The highest BCUT2D eigenvalue weighted by Crippen LogP contribution is 2.26. The minimum Gasteiger partial charge on any atom is -0.382 e. The van der Waals surface area contributed by atoms with Crippen molar-refractivity contribution in [1.29, 1.82) is 0 Å². The van der Waals surface area contributed by atoms with E-state index in [-0.39, 0.29) is 0 Å². The zero-order chi connectivity index (χ0) is 13.1. The largest absolute Gasteiger partial charge is 0.382 e. The number of rotatable bonds is 4. The van der Waals surface area contributed by atoms with Gasteiger partial charge in [0.05, 0.1) is 0 Å². The Hall–Kier alpha value is -0.500. The van der Waals surface area contributed by atoms with Gasteiger partial charge in [0.2, 0.25) is 0 Å². The van der Waals surface area contributed by atoms with Crippen LogP contribution in [0.15, 0.2) is 22.7 Å². The molecular weight excluding hydrogens is 274 g/mol. The van der Waals surface area contributed by atoms with E-state index in [0.29, 0.717) is 11.5 Å². The van der Waals surface area contributed by atoms with Crippen molar-refractivity contribution < 1.29 is 0 Å². The zero-order valence-corrected chi connectivity index (χ0v) is 13.2. The Kier molecular flexibility index (Phi) is 5.05. The molecule has 1 atom stereocenters. The molecule has 0 heterocycles. The highest BCUT2D eigenvalue weighted by atomic mass is 79.9. The summed E-state index contributed by atoms with van der Waals surface area (Å²) in [7, 11) is 0. The third-order valence-electron chi connectivity index (χ3n) is 2.85. The number of benzene rings is 1. The maximum atomic E-state index is 3.60. The molecule has 1 unspecified atom stereocenters. The van der Waals surface area contributed by atoms with E-state index in [9.17, 15) is 0 Å². The molecule has 1 aromatic carbocycles. The SMILES string of the molecule is Cc1ccc(NC(C)CCC(C)(C)C)c(Br)c1. The van der Waals surface area contributed by atoms with Gasteiger partial charge in [-0.25, -0.2) is 0 Å². The van der Waals surface area contributed by atoms with Gasteiger partial charge in [0.1, 0.15) is 0 Å².